The molecule has 2 N–H and O–H groups in total. The number of hydrogen-bond acceptors (Lipinski definition) is 1. The third-order valence-corrected chi connectivity index (χ3v) is 1.07. The molecule has 50 valence electrons. The maximum absolute atomic E-state index is 10.4. The second-order valence-corrected chi connectivity index (χ2v) is 1.74. The van der Waals surface area contributed by atoms with E-state index < -0.39 is 0 Å². The molecule has 0 spiro atoms. The first-order chi connectivity index (χ1) is 3.80. The van der Waals surface area contributed by atoms with Gasteiger partial charge in [-0.05, 0) is 17.7 Å². The van der Waals surface area contributed by atoms with Crippen LogP contribution in [0.2, 0.25) is 5.15 Å². The summed E-state index contributed by atoms with van der Waals surface area (Å²) in [5.74, 6) is 0. The van der Waals surface area contributed by atoms with Gasteiger partial charge in [0.1, 0.15) is 0 Å². The van der Waals surface area contributed by atoms with Crippen LogP contribution >= 0.6 is 11.6 Å². The molecule has 9 heavy (non-hydrogen) atoms. The van der Waals surface area contributed by atoms with Crippen molar-refractivity contribution in [3.8, 4) is 0 Å². The smallest absolute Gasteiger partial charge is 0.286 e. The fraction of sp³-hybridized carbons (Fsp3) is 0. The van der Waals surface area contributed by atoms with Gasteiger partial charge in [0.05, 0.1) is 0 Å². The van der Waals surface area contributed by atoms with Crippen molar-refractivity contribution in [3.05, 3.63) is 34.8 Å². The summed E-state index contributed by atoms with van der Waals surface area (Å²) in [4.78, 5) is 0. The lowest BCUT2D eigenvalue weighted by Crippen LogP contribution is -2.25. The predicted octanol–water partition coefficient (Wildman–Crippen LogP) is 0.149. The molecule has 0 unspecified atom stereocenters. The average molecular weight is 148 g/mol. The molecule has 0 bridgehead atoms. The topological polar surface area (TPSA) is 58.4 Å². The van der Waals surface area contributed by atoms with Crippen molar-refractivity contribution in [2.45, 2.75) is 0 Å². The number of aromatic nitrogens is 1. The zero-order valence-corrected chi connectivity index (χ0v) is 5.30. The van der Waals surface area contributed by atoms with E-state index in [0.29, 0.717) is 4.73 Å². The number of rotatable bonds is 0. The molecule has 0 saturated heterocycles. The van der Waals surface area contributed by atoms with Crippen molar-refractivity contribution in [1.82, 2.24) is 0 Å². The van der Waals surface area contributed by atoms with Crippen LogP contribution < -0.4 is 4.73 Å². The molecular weight excluding hydrogens is 142 g/mol. The van der Waals surface area contributed by atoms with Crippen molar-refractivity contribution >= 4 is 11.6 Å². The number of nitrogens with zero attached hydrogens (tertiary/aromatic N) is 1. The van der Waals surface area contributed by atoms with E-state index in [0.717, 1.165) is 0 Å². The first-order valence-corrected chi connectivity index (χ1v) is 2.52. The van der Waals surface area contributed by atoms with E-state index in [1.807, 2.05) is 0 Å². The highest BCUT2D eigenvalue weighted by Crippen LogP contribution is 1.96. The largest absolute Gasteiger partial charge is 0.618 e. The molecule has 1 aromatic rings. The van der Waals surface area contributed by atoms with Crippen molar-refractivity contribution in [1.29, 1.82) is 0 Å². The van der Waals surface area contributed by atoms with Crippen LogP contribution in [-0.4, -0.2) is 5.48 Å². The highest BCUT2D eigenvalue weighted by atomic mass is 35.5. The minimum Gasteiger partial charge on any atom is -0.618 e. The van der Waals surface area contributed by atoms with E-state index in [1.54, 1.807) is 12.1 Å². The van der Waals surface area contributed by atoms with Crippen LogP contribution in [0.1, 0.15) is 0 Å². The summed E-state index contributed by atoms with van der Waals surface area (Å²) in [6.07, 6.45) is 1.35. The Bertz CT molecular complexity index is 171. The first-order valence-electron chi connectivity index (χ1n) is 2.14. The van der Waals surface area contributed by atoms with E-state index in [4.69, 9.17) is 11.6 Å². The summed E-state index contributed by atoms with van der Waals surface area (Å²) in [6.45, 7) is 0. The Hall–Kier alpha value is -0.800. The summed E-state index contributed by atoms with van der Waals surface area (Å²) in [5, 5.41) is 10.6. The van der Waals surface area contributed by atoms with Crippen molar-refractivity contribution in [2.24, 2.45) is 0 Å². The van der Waals surface area contributed by atoms with Crippen LogP contribution in [0.3, 0.4) is 0 Å². The quantitative estimate of drug-likeness (QED) is 0.293. The van der Waals surface area contributed by atoms with E-state index >= 15 is 0 Å². The van der Waals surface area contributed by atoms with Gasteiger partial charge in [0.15, 0.2) is 6.20 Å². The van der Waals surface area contributed by atoms with Gasteiger partial charge in [0, 0.05) is 12.1 Å². The fourth-order valence-corrected chi connectivity index (χ4v) is 0.537. The standard InChI is InChI=1S/C5H4ClNO.H2O/c6-5-3-1-2-4-7(5)8;/h1-4H;1H2. The molecule has 0 saturated carbocycles. The Balaban J connectivity index is 0.000000640. The van der Waals surface area contributed by atoms with Gasteiger partial charge in [0.2, 0.25) is 0 Å². The Morgan fingerprint density at radius 2 is 2.11 bits per heavy atom. The molecule has 0 fully saturated rings. The SMILES string of the molecule is O.[O-][n+]1ccccc1Cl. The molecule has 0 aliphatic carbocycles. The third-order valence-electron chi connectivity index (χ3n) is 0.777. The molecule has 0 amide bonds. The molecule has 0 aliphatic rings. The van der Waals surface area contributed by atoms with Crippen LogP contribution in [0.25, 0.3) is 0 Å². The van der Waals surface area contributed by atoms with Crippen molar-refractivity contribution in [2.75, 3.05) is 0 Å². The lowest BCUT2D eigenvalue weighted by atomic mass is 10.5. The van der Waals surface area contributed by atoms with Gasteiger partial charge in [-0.3, -0.25) is 0 Å². The molecule has 1 rings (SSSR count). The summed E-state index contributed by atoms with van der Waals surface area (Å²) in [7, 11) is 0. The Morgan fingerprint density at radius 1 is 1.44 bits per heavy atom. The number of halogens is 1. The van der Waals surface area contributed by atoms with Crippen molar-refractivity contribution in [3.63, 3.8) is 0 Å². The van der Waals surface area contributed by atoms with E-state index in [-0.39, 0.29) is 10.6 Å². The minimum absolute atomic E-state index is 0. The molecule has 0 radical (unpaired) electrons. The fourth-order valence-electron chi connectivity index (χ4n) is 0.407. The lowest BCUT2D eigenvalue weighted by molar-refractivity contribution is -0.603. The zero-order chi connectivity index (χ0) is 5.98. The lowest BCUT2D eigenvalue weighted by Gasteiger charge is -1.93. The maximum Gasteiger partial charge on any atom is 0.286 e. The summed E-state index contributed by atoms with van der Waals surface area (Å²) >= 11 is 5.36. The van der Waals surface area contributed by atoms with E-state index in [1.165, 1.54) is 12.3 Å². The Morgan fingerprint density at radius 3 is 2.44 bits per heavy atom. The monoisotopic (exact) mass is 147 g/mol. The minimum atomic E-state index is 0. The summed E-state index contributed by atoms with van der Waals surface area (Å²) in [6, 6.07) is 4.87. The predicted molar refractivity (Wildman–Crippen MR) is 34.0 cm³/mol. The van der Waals surface area contributed by atoms with Gasteiger partial charge in [-0.2, -0.15) is 4.73 Å². The van der Waals surface area contributed by atoms with Crippen molar-refractivity contribution < 1.29 is 10.2 Å². The molecule has 1 aromatic heterocycles. The van der Waals surface area contributed by atoms with Crippen LogP contribution in [0.5, 0.6) is 0 Å². The van der Waals surface area contributed by atoms with Crippen LogP contribution in [0.15, 0.2) is 24.4 Å². The van der Waals surface area contributed by atoms with E-state index in [2.05, 4.69) is 0 Å². The van der Waals surface area contributed by atoms with Crippen LogP contribution in [0.4, 0.5) is 0 Å². The second kappa shape index (κ2) is 3.27. The van der Waals surface area contributed by atoms with Gasteiger partial charge >= 0.3 is 0 Å². The highest BCUT2D eigenvalue weighted by Gasteiger charge is 1.92. The number of hydrogen-bond donors (Lipinski definition) is 0. The van der Waals surface area contributed by atoms with Gasteiger partial charge < -0.3 is 10.7 Å². The highest BCUT2D eigenvalue weighted by molar-refractivity contribution is 6.28. The molecule has 0 atom stereocenters. The average Bonchev–Trinajstić information content (AvgIpc) is 1.77. The van der Waals surface area contributed by atoms with Gasteiger partial charge in [-0.25, -0.2) is 0 Å². The Labute approximate surface area is 57.4 Å². The zero-order valence-electron chi connectivity index (χ0n) is 4.54. The molecule has 0 aromatic carbocycles. The summed E-state index contributed by atoms with van der Waals surface area (Å²) < 4.78 is 0.599. The second-order valence-electron chi connectivity index (χ2n) is 1.35. The van der Waals surface area contributed by atoms with Gasteiger partial charge in [-0.1, -0.05) is 0 Å². The normalized spacial score (nSPS) is 8.11. The summed E-state index contributed by atoms with van der Waals surface area (Å²) in [5.41, 5.74) is 0. The third kappa shape index (κ3) is 1.87. The maximum atomic E-state index is 10.4. The van der Waals surface area contributed by atoms with Gasteiger partial charge in [0.25, 0.3) is 5.15 Å². The Kier molecular flexibility index (Phi) is 2.98. The van der Waals surface area contributed by atoms with E-state index in [9.17, 15) is 5.21 Å². The molecule has 0 aliphatic heterocycles. The molecule has 4 heteroatoms. The van der Waals surface area contributed by atoms with Crippen LogP contribution in [-0.2, 0) is 0 Å². The van der Waals surface area contributed by atoms with Crippen LogP contribution in [0, 0.1) is 5.21 Å². The molecule has 3 nitrogen and oxygen atoms in total. The number of pyridine rings is 1. The molecular formula is C5H6ClNO2. The molecule has 1 heterocycles. The first kappa shape index (κ1) is 8.20. The van der Waals surface area contributed by atoms with Gasteiger partial charge in [-0.15, -0.1) is 0 Å².